The van der Waals surface area contributed by atoms with Gasteiger partial charge in [-0.2, -0.15) is 5.10 Å². The molecule has 6 heterocycles. The summed E-state index contributed by atoms with van der Waals surface area (Å²) in [5.74, 6) is 1.17. The van der Waals surface area contributed by atoms with Crippen LogP contribution in [0.4, 0.5) is 10.5 Å². The molecule has 3 fully saturated rings. The van der Waals surface area contributed by atoms with Crippen LogP contribution in [-0.4, -0.2) is 95.2 Å². The van der Waals surface area contributed by atoms with Crippen molar-refractivity contribution in [2.24, 2.45) is 5.92 Å². The lowest BCUT2D eigenvalue weighted by Gasteiger charge is -2.43. The minimum atomic E-state index is -0.558. The van der Waals surface area contributed by atoms with Gasteiger partial charge >= 0.3 is 6.09 Å². The second-order valence-corrected chi connectivity index (χ2v) is 13.4. The Morgan fingerprint density at radius 1 is 1.11 bits per heavy atom. The normalized spacial score (nSPS) is 19.9. The Morgan fingerprint density at radius 3 is 2.64 bits per heavy atom. The number of hydrogen-bond donors (Lipinski definition) is 0. The van der Waals surface area contributed by atoms with E-state index in [1.54, 1.807) is 23.3 Å². The van der Waals surface area contributed by atoms with E-state index in [1.165, 1.54) is 19.3 Å². The highest BCUT2D eigenvalue weighted by atomic mass is 16.6. The van der Waals surface area contributed by atoms with Gasteiger partial charge in [-0.1, -0.05) is 11.6 Å². The summed E-state index contributed by atoms with van der Waals surface area (Å²) >= 11 is 0. The smallest absolute Gasteiger partial charge is 0.410 e. The summed E-state index contributed by atoms with van der Waals surface area (Å²) in [5, 5.41) is 13.1. The summed E-state index contributed by atoms with van der Waals surface area (Å²) in [4.78, 5) is 31.6. The first kappa shape index (κ1) is 29.3. The minimum absolute atomic E-state index is 0.101. The van der Waals surface area contributed by atoms with Crippen molar-refractivity contribution in [1.82, 2.24) is 44.6 Å². The molecule has 45 heavy (non-hydrogen) atoms. The second kappa shape index (κ2) is 11.8. The van der Waals surface area contributed by atoms with Gasteiger partial charge < -0.3 is 19.3 Å². The highest BCUT2D eigenvalue weighted by molar-refractivity contribution is 5.69. The third kappa shape index (κ3) is 6.00. The first-order valence-electron chi connectivity index (χ1n) is 15.8. The molecule has 3 aliphatic rings. The molecule has 0 unspecified atom stereocenters. The molecule has 2 aliphatic heterocycles. The van der Waals surface area contributed by atoms with Gasteiger partial charge in [-0.05, 0) is 70.6 Å². The van der Waals surface area contributed by atoms with Gasteiger partial charge in [-0.25, -0.2) is 19.1 Å². The number of hydrogen-bond acceptors (Lipinski definition) is 10. The number of carbonyl (C=O) groups is 1. The summed E-state index contributed by atoms with van der Waals surface area (Å²) in [6.45, 7) is 9.13. The number of rotatable bonds is 8. The summed E-state index contributed by atoms with van der Waals surface area (Å²) in [5.41, 5.74) is 2.03. The van der Waals surface area contributed by atoms with Crippen LogP contribution in [0.2, 0.25) is 0 Å². The number of nitrogens with zero attached hydrogens (tertiary/aromatic N) is 10. The third-order valence-electron chi connectivity index (χ3n) is 8.97. The zero-order valence-corrected chi connectivity index (χ0v) is 26.1. The van der Waals surface area contributed by atoms with Crippen molar-refractivity contribution in [3.63, 3.8) is 0 Å². The molecule has 0 aromatic carbocycles. The van der Waals surface area contributed by atoms with Gasteiger partial charge in [0.2, 0.25) is 0 Å². The second-order valence-electron chi connectivity index (χ2n) is 13.4. The molecule has 1 atom stereocenters. The molecule has 7 rings (SSSR count). The molecule has 4 aromatic rings. The molecule has 13 heteroatoms. The quantitative estimate of drug-likeness (QED) is 0.287. The molecule has 0 radical (unpaired) electrons. The van der Waals surface area contributed by atoms with Gasteiger partial charge in [-0.3, -0.25) is 9.97 Å². The van der Waals surface area contributed by atoms with Gasteiger partial charge in [-0.15, -0.1) is 5.10 Å². The maximum atomic E-state index is 13.3. The van der Waals surface area contributed by atoms with Crippen molar-refractivity contribution < 1.29 is 14.3 Å². The first-order valence-corrected chi connectivity index (χ1v) is 15.8. The lowest BCUT2D eigenvalue weighted by Crippen LogP contribution is -2.54. The molecule has 1 amide bonds. The number of pyridine rings is 1. The Kier molecular flexibility index (Phi) is 7.72. The van der Waals surface area contributed by atoms with Crippen LogP contribution in [0.3, 0.4) is 0 Å². The van der Waals surface area contributed by atoms with E-state index in [1.807, 2.05) is 55.0 Å². The fourth-order valence-electron chi connectivity index (χ4n) is 6.22. The molecule has 236 valence electrons. The number of amides is 1. The number of anilines is 1. The van der Waals surface area contributed by atoms with Crippen LogP contribution in [0.5, 0.6) is 0 Å². The lowest BCUT2D eigenvalue weighted by atomic mass is 9.84. The molecule has 0 N–H and O–H groups in total. The zero-order chi connectivity index (χ0) is 31.0. The van der Waals surface area contributed by atoms with E-state index in [9.17, 15) is 4.79 Å². The highest BCUT2D eigenvalue weighted by Crippen LogP contribution is 2.35. The zero-order valence-electron chi connectivity index (χ0n) is 26.1. The average molecular weight is 613 g/mol. The Balaban J connectivity index is 1.07. The molecule has 2 saturated heterocycles. The van der Waals surface area contributed by atoms with Crippen molar-refractivity contribution >= 4 is 11.8 Å². The van der Waals surface area contributed by atoms with E-state index in [0.29, 0.717) is 36.3 Å². The molecular formula is C32H40N10O3. The Bertz CT molecular complexity index is 1610. The molecule has 13 nitrogen and oxygen atoms in total. The number of carbonyl (C=O) groups excluding carboxylic acids is 1. The fraction of sp³-hybridized carbons (Fsp3) is 0.531. The molecule has 4 aromatic heterocycles. The molecule has 0 bridgehead atoms. The van der Waals surface area contributed by atoms with E-state index >= 15 is 0 Å². The van der Waals surface area contributed by atoms with Crippen molar-refractivity contribution in [2.75, 3.05) is 37.7 Å². The van der Waals surface area contributed by atoms with Crippen LogP contribution in [0.25, 0.3) is 17.2 Å². The largest absolute Gasteiger partial charge is 0.444 e. The minimum Gasteiger partial charge on any atom is -0.444 e. The fourth-order valence-corrected chi connectivity index (χ4v) is 6.22. The van der Waals surface area contributed by atoms with Gasteiger partial charge in [0, 0.05) is 32.0 Å². The number of ether oxygens (including phenoxy) is 2. The topological polar surface area (TPSA) is 129 Å². The predicted molar refractivity (Wildman–Crippen MR) is 166 cm³/mol. The van der Waals surface area contributed by atoms with Crippen LogP contribution in [0.1, 0.15) is 58.6 Å². The lowest BCUT2D eigenvalue weighted by molar-refractivity contribution is -0.0851. The van der Waals surface area contributed by atoms with E-state index in [4.69, 9.17) is 14.5 Å². The third-order valence-corrected chi connectivity index (χ3v) is 8.97. The predicted octanol–water partition coefficient (Wildman–Crippen LogP) is 4.10. The maximum Gasteiger partial charge on any atom is 0.410 e. The van der Waals surface area contributed by atoms with Crippen molar-refractivity contribution in [3.8, 4) is 17.2 Å². The van der Waals surface area contributed by atoms with E-state index in [-0.39, 0.29) is 12.1 Å². The van der Waals surface area contributed by atoms with Gasteiger partial charge in [0.15, 0.2) is 11.4 Å². The molecular weight excluding hydrogens is 572 g/mol. The number of aromatic nitrogens is 8. The van der Waals surface area contributed by atoms with Gasteiger partial charge in [0.1, 0.15) is 17.0 Å². The maximum absolute atomic E-state index is 13.3. The SMILES string of the molecule is CC(C)(C)OC(=O)N(CC1CCC1)[C@@H]1CCCN(c2ccc(C3(n4cc(-c5cncc(-n6cccn6)n5)nn4)COC3)nc2)C1. The van der Waals surface area contributed by atoms with E-state index in [2.05, 4.69) is 42.4 Å². The molecule has 1 aliphatic carbocycles. The van der Waals surface area contributed by atoms with Gasteiger partial charge in [0.05, 0.1) is 55.4 Å². The monoisotopic (exact) mass is 612 g/mol. The van der Waals surface area contributed by atoms with Crippen molar-refractivity contribution in [1.29, 1.82) is 0 Å². The van der Waals surface area contributed by atoms with E-state index < -0.39 is 11.1 Å². The molecule has 0 spiro atoms. The van der Waals surface area contributed by atoms with Crippen molar-refractivity contribution in [2.45, 2.75) is 70.1 Å². The summed E-state index contributed by atoms with van der Waals surface area (Å²) < 4.78 is 15.0. The molecule has 1 saturated carbocycles. The van der Waals surface area contributed by atoms with Crippen LogP contribution in [-0.2, 0) is 15.0 Å². The first-order chi connectivity index (χ1) is 21.8. The highest BCUT2D eigenvalue weighted by Gasteiger charge is 2.45. The summed E-state index contributed by atoms with van der Waals surface area (Å²) in [7, 11) is 0. The standard InChI is InChI=1S/C32H40N10O3/c1-31(2,3)45-30(43)40(18-23-7-4-8-23)25-9-5-13-39(19-25)24-10-11-28(34-15-24)32(21-44-22-32)42-20-27(37-38-42)26-16-33-17-29(36-26)41-14-6-12-35-41/h6,10-12,14-17,20,23,25H,4-5,7-9,13,18-19,21-22H2,1-3H3/t25-/m1/s1. The summed E-state index contributed by atoms with van der Waals surface area (Å²) in [6.07, 6.45) is 16.0. The van der Waals surface area contributed by atoms with Crippen LogP contribution < -0.4 is 4.90 Å². The van der Waals surface area contributed by atoms with E-state index in [0.717, 1.165) is 43.9 Å². The Labute approximate surface area is 262 Å². The van der Waals surface area contributed by atoms with Gasteiger partial charge in [0.25, 0.3) is 0 Å². The number of piperidine rings is 1. The van der Waals surface area contributed by atoms with Crippen LogP contribution >= 0.6 is 0 Å². The summed E-state index contributed by atoms with van der Waals surface area (Å²) in [6, 6.07) is 6.11. The Morgan fingerprint density at radius 2 is 1.98 bits per heavy atom. The van der Waals surface area contributed by atoms with Crippen molar-refractivity contribution in [3.05, 3.63) is 61.1 Å². The van der Waals surface area contributed by atoms with Crippen LogP contribution in [0.15, 0.2) is 55.4 Å². The Hall–Kier alpha value is -4.39. The van der Waals surface area contributed by atoms with Crippen LogP contribution in [0, 0.1) is 5.92 Å². The average Bonchev–Trinajstić information content (AvgIpc) is 3.70.